The number of unbranched alkanes of at least 4 members (excludes halogenated alkanes) is 3. The molecule has 0 saturated heterocycles. The fourth-order valence-corrected chi connectivity index (χ4v) is 3.00. The van der Waals surface area contributed by atoms with Crippen LogP contribution in [0.4, 0.5) is 0 Å². The molecule has 1 atom stereocenters. The fourth-order valence-electron chi connectivity index (χ4n) is 2.61. The molecule has 4 nitrogen and oxygen atoms in total. The lowest BCUT2D eigenvalue weighted by Crippen LogP contribution is -2.08. The van der Waals surface area contributed by atoms with Gasteiger partial charge >= 0.3 is 10.4 Å². The molecule has 1 rings (SSSR count). The molecular weight excluding hydrogens is 300 g/mol. The second kappa shape index (κ2) is 9.85. The molecule has 0 aromatic heterocycles. The van der Waals surface area contributed by atoms with Crippen molar-refractivity contribution in [1.82, 2.24) is 0 Å². The highest BCUT2D eigenvalue weighted by Gasteiger charge is 2.11. The monoisotopic (exact) mass is 328 g/mol. The van der Waals surface area contributed by atoms with Crippen LogP contribution in [0.3, 0.4) is 0 Å². The van der Waals surface area contributed by atoms with E-state index in [4.69, 9.17) is 4.55 Å². The van der Waals surface area contributed by atoms with Crippen molar-refractivity contribution in [3.63, 3.8) is 0 Å². The first kappa shape index (κ1) is 19.0. The molecule has 0 fully saturated rings. The van der Waals surface area contributed by atoms with Gasteiger partial charge in [0.05, 0.1) is 0 Å². The largest absolute Gasteiger partial charge is 0.446 e. The third kappa shape index (κ3) is 8.39. The topological polar surface area (TPSA) is 63.6 Å². The smallest absolute Gasteiger partial charge is 0.362 e. The maximum Gasteiger partial charge on any atom is 0.446 e. The van der Waals surface area contributed by atoms with Gasteiger partial charge in [-0.05, 0) is 30.4 Å². The van der Waals surface area contributed by atoms with Crippen LogP contribution in [0, 0.1) is 5.92 Å². The Balaban J connectivity index is 2.38. The van der Waals surface area contributed by atoms with Gasteiger partial charge in [-0.15, -0.1) is 0 Å². The molecule has 0 saturated carbocycles. The van der Waals surface area contributed by atoms with Crippen LogP contribution in [0.1, 0.15) is 64.4 Å². The summed E-state index contributed by atoms with van der Waals surface area (Å²) in [7, 11) is -4.46. The average Bonchev–Trinajstić information content (AvgIpc) is 2.44. The Labute approximate surface area is 134 Å². The number of rotatable bonds is 11. The summed E-state index contributed by atoms with van der Waals surface area (Å²) in [6.45, 7) is 4.49. The molecule has 1 unspecified atom stereocenters. The van der Waals surface area contributed by atoms with E-state index in [-0.39, 0.29) is 5.75 Å². The molecule has 0 spiro atoms. The molecule has 1 N–H and O–H groups in total. The van der Waals surface area contributed by atoms with Gasteiger partial charge in [0.2, 0.25) is 0 Å². The molecule has 0 aliphatic rings. The van der Waals surface area contributed by atoms with Crippen LogP contribution >= 0.6 is 0 Å². The summed E-state index contributed by atoms with van der Waals surface area (Å²) < 4.78 is 35.1. The third-order valence-electron chi connectivity index (χ3n) is 3.86. The summed E-state index contributed by atoms with van der Waals surface area (Å²) >= 11 is 0. The zero-order valence-electron chi connectivity index (χ0n) is 13.6. The lowest BCUT2D eigenvalue weighted by molar-refractivity contribution is 0.384. The summed E-state index contributed by atoms with van der Waals surface area (Å²) in [5.74, 6) is 0.909. The van der Waals surface area contributed by atoms with Crippen molar-refractivity contribution in [3.8, 4) is 5.75 Å². The van der Waals surface area contributed by atoms with Gasteiger partial charge in [-0.25, -0.2) is 0 Å². The van der Waals surface area contributed by atoms with E-state index in [1.807, 2.05) is 12.1 Å². The summed E-state index contributed by atoms with van der Waals surface area (Å²) in [6.07, 6.45) is 9.29. The lowest BCUT2D eigenvalue weighted by atomic mass is 9.95. The standard InChI is InChI=1S/C17H28O4S/c1-3-4-5-6-10-15(2)11-9-13-16-12-7-8-14-17(16)21-22(18,19)20/h7-8,12,14-15H,3-6,9-11,13H2,1-2H3,(H,18,19,20). The Morgan fingerprint density at radius 3 is 2.45 bits per heavy atom. The zero-order valence-corrected chi connectivity index (χ0v) is 14.4. The van der Waals surface area contributed by atoms with Gasteiger partial charge in [0.1, 0.15) is 5.75 Å². The Morgan fingerprint density at radius 1 is 1.09 bits per heavy atom. The van der Waals surface area contributed by atoms with Gasteiger partial charge < -0.3 is 4.18 Å². The van der Waals surface area contributed by atoms with E-state index >= 15 is 0 Å². The Bertz CT molecular complexity index is 525. The van der Waals surface area contributed by atoms with Gasteiger partial charge in [0.25, 0.3) is 0 Å². The lowest BCUT2D eigenvalue weighted by Gasteiger charge is -2.12. The second-order valence-electron chi connectivity index (χ2n) is 5.97. The molecule has 0 amide bonds. The normalized spacial score (nSPS) is 13.0. The fraction of sp³-hybridized carbons (Fsp3) is 0.647. The summed E-state index contributed by atoms with van der Waals surface area (Å²) in [6, 6.07) is 6.95. The minimum absolute atomic E-state index is 0.223. The van der Waals surface area contributed by atoms with E-state index in [9.17, 15) is 8.42 Å². The first-order valence-corrected chi connectivity index (χ1v) is 9.53. The molecule has 5 heteroatoms. The van der Waals surface area contributed by atoms with Gasteiger partial charge in [-0.1, -0.05) is 70.6 Å². The van der Waals surface area contributed by atoms with Crippen LogP contribution in [0.15, 0.2) is 24.3 Å². The zero-order chi connectivity index (χ0) is 16.4. The minimum Gasteiger partial charge on any atom is -0.362 e. The number of para-hydroxylation sites is 1. The molecule has 22 heavy (non-hydrogen) atoms. The molecular formula is C17H28O4S. The molecule has 0 heterocycles. The molecule has 0 bridgehead atoms. The van der Waals surface area contributed by atoms with Crippen molar-refractivity contribution in [1.29, 1.82) is 0 Å². The van der Waals surface area contributed by atoms with E-state index in [0.717, 1.165) is 24.8 Å². The summed E-state index contributed by atoms with van der Waals surface area (Å²) in [5.41, 5.74) is 0.818. The molecule has 126 valence electrons. The Hall–Kier alpha value is -1.07. The number of aryl methyl sites for hydroxylation is 1. The van der Waals surface area contributed by atoms with Gasteiger partial charge in [0.15, 0.2) is 0 Å². The van der Waals surface area contributed by atoms with E-state index in [1.165, 1.54) is 32.1 Å². The molecule has 1 aromatic carbocycles. The first-order chi connectivity index (χ1) is 10.4. The van der Waals surface area contributed by atoms with Crippen LogP contribution < -0.4 is 4.18 Å². The van der Waals surface area contributed by atoms with Crippen molar-refractivity contribution < 1.29 is 17.2 Å². The summed E-state index contributed by atoms with van der Waals surface area (Å²) in [5, 5.41) is 0. The predicted octanol–water partition coefficient (Wildman–Crippen LogP) is 4.80. The van der Waals surface area contributed by atoms with E-state index in [0.29, 0.717) is 5.92 Å². The van der Waals surface area contributed by atoms with Crippen molar-refractivity contribution in [3.05, 3.63) is 29.8 Å². The van der Waals surface area contributed by atoms with Crippen molar-refractivity contribution in [2.24, 2.45) is 5.92 Å². The number of hydrogen-bond acceptors (Lipinski definition) is 3. The van der Waals surface area contributed by atoms with Crippen molar-refractivity contribution in [2.45, 2.75) is 65.2 Å². The predicted molar refractivity (Wildman–Crippen MR) is 89.5 cm³/mol. The first-order valence-electron chi connectivity index (χ1n) is 8.17. The van der Waals surface area contributed by atoms with Gasteiger partial charge in [-0.2, -0.15) is 8.42 Å². The molecule has 0 aliphatic carbocycles. The average molecular weight is 328 g/mol. The van der Waals surface area contributed by atoms with Gasteiger partial charge in [-0.3, -0.25) is 4.55 Å². The summed E-state index contributed by atoms with van der Waals surface area (Å²) in [4.78, 5) is 0. The van der Waals surface area contributed by atoms with E-state index in [2.05, 4.69) is 18.0 Å². The van der Waals surface area contributed by atoms with Gasteiger partial charge in [0, 0.05) is 0 Å². The SMILES string of the molecule is CCCCCCC(C)CCCc1ccccc1OS(=O)(=O)O. The van der Waals surface area contributed by atoms with E-state index in [1.54, 1.807) is 12.1 Å². The maximum atomic E-state index is 10.8. The number of benzene rings is 1. The highest BCUT2D eigenvalue weighted by molar-refractivity contribution is 7.81. The van der Waals surface area contributed by atoms with Crippen molar-refractivity contribution in [2.75, 3.05) is 0 Å². The van der Waals surface area contributed by atoms with Crippen LogP contribution in [0.5, 0.6) is 5.75 Å². The number of hydrogen-bond donors (Lipinski definition) is 1. The Morgan fingerprint density at radius 2 is 1.77 bits per heavy atom. The molecule has 1 aromatic rings. The highest BCUT2D eigenvalue weighted by Crippen LogP contribution is 2.23. The Kier molecular flexibility index (Phi) is 8.49. The molecule has 0 aliphatic heterocycles. The quantitative estimate of drug-likeness (QED) is 0.468. The van der Waals surface area contributed by atoms with E-state index < -0.39 is 10.4 Å². The van der Waals surface area contributed by atoms with Crippen LogP contribution in [0.25, 0.3) is 0 Å². The van der Waals surface area contributed by atoms with Crippen LogP contribution in [0.2, 0.25) is 0 Å². The van der Waals surface area contributed by atoms with Crippen molar-refractivity contribution >= 4 is 10.4 Å². The van der Waals surface area contributed by atoms with Crippen LogP contribution in [-0.2, 0) is 16.8 Å². The second-order valence-corrected chi connectivity index (χ2v) is 6.99. The maximum absolute atomic E-state index is 10.8. The van der Waals surface area contributed by atoms with Crippen LogP contribution in [-0.4, -0.2) is 13.0 Å². The third-order valence-corrected chi connectivity index (χ3v) is 4.25. The minimum atomic E-state index is -4.46. The molecule has 0 radical (unpaired) electrons. The highest BCUT2D eigenvalue weighted by atomic mass is 32.3.